The molecule has 1 aliphatic rings. The molecule has 1 aromatic carbocycles. The van der Waals surface area contributed by atoms with Crippen molar-refractivity contribution in [3.05, 3.63) is 35.6 Å². The molecule has 0 aliphatic carbocycles. The maximum Gasteiger partial charge on any atom is 0.254 e. The number of nitrogens with one attached hydrogen (secondary N) is 1. The second-order valence-corrected chi connectivity index (χ2v) is 6.67. The van der Waals surface area contributed by atoms with Crippen LogP contribution in [0.1, 0.15) is 24.2 Å². The molecule has 0 spiro atoms. The van der Waals surface area contributed by atoms with Crippen molar-refractivity contribution < 1.29 is 18.8 Å². The van der Waals surface area contributed by atoms with Crippen LogP contribution in [0.5, 0.6) is 0 Å². The number of hydrogen-bond donors (Lipinski definition) is 2. The van der Waals surface area contributed by atoms with Crippen LogP contribution in [-0.2, 0) is 9.59 Å². The van der Waals surface area contributed by atoms with Crippen LogP contribution < -0.4 is 11.1 Å². The van der Waals surface area contributed by atoms with Crippen LogP contribution in [0.15, 0.2) is 24.3 Å². The number of benzene rings is 1. The van der Waals surface area contributed by atoms with Gasteiger partial charge >= 0.3 is 0 Å². The van der Waals surface area contributed by atoms with Crippen LogP contribution in [0.4, 0.5) is 4.39 Å². The molecule has 1 atom stereocenters. The van der Waals surface area contributed by atoms with E-state index in [1.54, 1.807) is 15.9 Å². The predicted molar refractivity (Wildman–Crippen MR) is 102 cm³/mol. The van der Waals surface area contributed by atoms with Crippen molar-refractivity contribution >= 4 is 30.1 Å². The third-order valence-electron chi connectivity index (χ3n) is 4.43. The van der Waals surface area contributed by atoms with Gasteiger partial charge in [0.15, 0.2) is 0 Å². The van der Waals surface area contributed by atoms with Gasteiger partial charge in [0.05, 0.1) is 12.6 Å². The Labute approximate surface area is 164 Å². The van der Waals surface area contributed by atoms with Crippen molar-refractivity contribution in [1.82, 2.24) is 15.1 Å². The van der Waals surface area contributed by atoms with Gasteiger partial charge < -0.3 is 20.9 Å². The average Bonchev–Trinajstić information content (AvgIpc) is 2.64. The molecule has 27 heavy (non-hydrogen) atoms. The normalized spacial score (nSPS) is 15.1. The zero-order chi connectivity index (χ0) is 19.3. The lowest BCUT2D eigenvalue weighted by Gasteiger charge is -2.35. The average molecular weight is 401 g/mol. The summed E-state index contributed by atoms with van der Waals surface area (Å²) in [7, 11) is 0. The quantitative estimate of drug-likeness (QED) is 0.757. The fourth-order valence-electron chi connectivity index (χ4n) is 2.66. The lowest BCUT2D eigenvalue weighted by molar-refractivity contribution is -0.134. The van der Waals surface area contributed by atoms with E-state index in [-0.39, 0.29) is 42.6 Å². The SMILES string of the molecule is CC(C)[C@H](N)C(=O)NCC(=O)N1CCN(C(=O)c2cccc(F)c2)CC1.Cl. The molecule has 0 unspecified atom stereocenters. The lowest BCUT2D eigenvalue weighted by Crippen LogP contribution is -2.53. The molecular weight excluding hydrogens is 375 g/mol. The highest BCUT2D eigenvalue weighted by molar-refractivity contribution is 5.94. The van der Waals surface area contributed by atoms with Crippen molar-refractivity contribution in [1.29, 1.82) is 0 Å². The molecule has 2 rings (SSSR count). The molecule has 0 radical (unpaired) electrons. The minimum Gasteiger partial charge on any atom is -0.346 e. The largest absolute Gasteiger partial charge is 0.346 e. The molecule has 1 aromatic rings. The minimum absolute atomic E-state index is 0. The number of piperazine rings is 1. The van der Waals surface area contributed by atoms with E-state index in [0.717, 1.165) is 0 Å². The standard InChI is InChI=1S/C18H25FN4O3.ClH/c1-12(2)16(20)17(25)21-11-15(24)22-6-8-23(9-7-22)18(26)13-4-3-5-14(19)10-13;/h3-5,10,12,16H,6-9,11,20H2,1-2H3,(H,21,25);1H/t16-;/m0./s1. The Balaban J connectivity index is 0.00000364. The first kappa shape index (κ1) is 22.9. The lowest BCUT2D eigenvalue weighted by atomic mass is 10.1. The van der Waals surface area contributed by atoms with Gasteiger partial charge in [-0.3, -0.25) is 14.4 Å². The van der Waals surface area contributed by atoms with Crippen molar-refractivity contribution in [2.24, 2.45) is 11.7 Å². The fourth-order valence-corrected chi connectivity index (χ4v) is 2.66. The number of carbonyl (C=O) groups is 3. The zero-order valence-corrected chi connectivity index (χ0v) is 16.3. The van der Waals surface area contributed by atoms with E-state index in [2.05, 4.69) is 5.32 Å². The second-order valence-electron chi connectivity index (χ2n) is 6.67. The summed E-state index contributed by atoms with van der Waals surface area (Å²) in [5.74, 6) is -1.30. The third-order valence-corrected chi connectivity index (χ3v) is 4.43. The van der Waals surface area contributed by atoms with Crippen molar-refractivity contribution in [3.8, 4) is 0 Å². The summed E-state index contributed by atoms with van der Waals surface area (Å²) in [6, 6.07) is 4.90. The Morgan fingerprint density at radius 1 is 1.15 bits per heavy atom. The number of halogens is 2. The molecule has 9 heteroatoms. The van der Waals surface area contributed by atoms with Crippen molar-refractivity contribution in [3.63, 3.8) is 0 Å². The number of rotatable bonds is 5. The molecular formula is C18H26ClFN4O3. The van der Waals surface area contributed by atoms with Gasteiger partial charge in [0, 0.05) is 31.7 Å². The van der Waals surface area contributed by atoms with Crippen LogP contribution in [0.2, 0.25) is 0 Å². The van der Waals surface area contributed by atoms with E-state index in [4.69, 9.17) is 5.73 Å². The smallest absolute Gasteiger partial charge is 0.254 e. The maximum absolute atomic E-state index is 13.3. The summed E-state index contributed by atoms with van der Waals surface area (Å²) in [4.78, 5) is 39.6. The maximum atomic E-state index is 13.3. The molecule has 0 saturated carbocycles. The molecule has 7 nitrogen and oxygen atoms in total. The second kappa shape index (κ2) is 10.2. The van der Waals surface area contributed by atoms with E-state index in [9.17, 15) is 18.8 Å². The summed E-state index contributed by atoms with van der Waals surface area (Å²) in [5, 5.41) is 2.55. The fraction of sp³-hybridized carbons (Fsp3) is 0.500. The summed E-state index contributed by atoms with van der Waals surface area (Å²) >= 11 is 0. The van der Waals surface area contributed by atoms with Crippen LogP contribution in [0.25, 0.3) is 0 Å². The summed E-state index contributed by atoms with van der Waals surface area (Å²) in [5.41, 5.74) is 6.03. The monoisotopic (exact) mass is 400 g/mol. The molecule has 0 aromatic heterocycles. The van der Waals surface area contributed by atoms with Gasteiger partial charge in [0.1, 0.15) is 5.82 Å². The van der Waals surface area contributed by atoms with E-state index in [1.165, 1.54) is 18.2 Å². The molecule has 1 fully saturated rings. The van der Waals surface area contributed by atoms with Crippen LogP contribution in [-0.4, -0.2) is 66.3 Å². The molecule has 150 valence electrons. The van der Waals surface area contributed by atoms with E-state index < -0.39 is 11.9 Å². The molecule has 1 saturated heterocycles. The minimum atomic E-state index is -0.650. The molecule has 3 N–H and O–H groups in total. The number of nitrogens with two attached hydrogens (primary N) is 1. The van der Waals surface area contributed by atoms with Crippen molar-refractivity contribution in [2.45, 2.75) is 19.9 Å². The van der Waals surface area contributed by atoms with Gasteiger partial charge in [0.25, 0.3) is 5.91 Å². The number of carbonyl (C=O) groups excluding carboxylic acids is 3. The third kappa shape index (κ3) is 6.18. The van der Waals surface area contributed by atoms with Gasteiger partial charge in [-0.25, -0.2) is 4.39 Å². The Bertz CT molecular complexity index is 678. The highest BCUT2D eigenvalue weighted by atomic mass is 35.5. The Morgan fingerprint density at radius 3 is 2.30 bits per heavy atom. The van der Waals surface area contributed by atoms with Gasteiger partial charge in [0.2, 0.25) is 11.8 Å². The first-order chi connectivity index (χ1) is 12.3. The first-order valence-electron chi connectivity index (χ1n) is 8.65. The molecule has 3 amide bonds. The number of hydrogen-bond acceptors (Lipinski definition) is 4. The van der Waals surface area contributed by atoms with Crippen LogP contribution >= 0.6 is 12.4 Å². The van der Waals surface area contributed by atoms with Gasteiger partial charge in [-0.1, -0.05) is 19.9 Å². The van der Waals surface area contributed by atoms with Gasteiger partial charge in [-0.15, -0.1) is 12.4 Å². The zero-order valence-electron chi connectivity index (χ0n) is 15.5. The van der Waals surface area contributed by atoms with Crippen LogP contribution in [0.3, 0.4) is 0 Å². The van der Waals surface area contributed by atoms with Gasteiger partial charge in [-0.05, 0) is 24.1 Å². The Morgan fingerprint density at radius 2 is 1.74 bits per heavy atom. The number of amides is 3. The van der Waals surface area contributed by atoms with Gasteiger partial charge in [-0.2, -0.15) is 0 Å². The topological polar surface area (TPSA) is 95.7 Å². The van der Waals surface area contributed by atoms with E-state index >= 15 is 0 Å². The Kier molecular flexibility index (Phi) is 8.65. The molecule has 1 heterocycles. The highest BCUT2D eigenvalue weighted by Crippen LogP contribution is 2.10. The first-order valence-corrected chi connectivity index (χ1v) is 8.65. The number of nitrogens with zero attached hydrogens (tertiary/aromatic N) is 2. The predicted octanol–water partition coefficient (Wildman–Crippen LogP) is 0.631. The van der Waals surface area contributed by atoms with Crippen molar-refractivity contribution in [2.75, 3.05) is 32.7 Å². The van der Waals surface area contributed by atoms with Crippen LogP contribution in [0, 0.1) is 11.7 Å². The summed E-state index contributed by atoms with van der Waals surface area (Å²) in [6.07, 6.45) is 0. The van der Waals surface area contributed by atoms with E-state index in [0.29, 0.717) is 31.7 Å². The summed E-state index contributed by atoms with van der Waals surface area (Å²) < 4.78 is 13.3. The summed E-state index contributed by atoms with van der Waals surface area (Å²) in [6.45, 7) is 5.01. The highest BCUT2D eigenvalue weighted by Gasteiger charge is 2.26. The molecule has 1 aliphatic heterocycles. The molecule has 0 bridgehead atoms. The van der Waals surface area contributed by atoms with E-state index in [1.807, 2.05) is 13.8 Å². The Hall–Kier alpha value is -2.19.